The van der Waals surface area contributed by atoms with Crippen LogP contribution in [-0.2, 0) is 17.9 Å². The summed E-state index contributed by atoms with van der Waals surface area (Å²) in [4.78, 5) is 29.8. The van der Waals surface area contributed by atoms with Crippen molar-refractivity contribution >= 4 is 34.4 Å². The Morgan fingerprint density at radius 1 is 1.02 bits per heavy atom. The minimum atomic E-state index is -1.05. The van der Waals surface area contributed by atoms with Crippen molar-refractivity contribution in [1.82, 2.24) is 19.4 Å². The van der Waals surface area contributed by atoms with Gasteiger partial charge in [0.05, 0.1) is 35.8 Å². The summed E-state index contributed by atoms with van der Waals surface area (Å²) in [5.74, 6) is -0.853. The van der Waals surface area contributed by atoms with E-state index in [0.29, 0.717) is 36.4 Å². The fourth-order valence-electron chi connectivity index (χ4n) is 4.87. The number of nitrogens with one attached hydrogen (secondary N) is 1. The third kappa shape index (κ3) is 6.34. The maximum Gasteiger partial charge on any atom is 0.326 e. The minimum absolute atomic E-state index is 0.334. The fourth-order valence-corrected chi connectivity index (χ4v) is 5.35. The molecule has 0 aliphatic rings. The second-order valence-electron chi connectivity index (χ2n) is 9.75. The molecule has 0 unspecified atom stereocenters. The maximum atomic E-state index is 13.6. The molecule has 2 aromatic heterocycles. The number of carboxylic acids is 1. The van der Waals surface area contributed by atoms with E-state index in [-0.39, 0.29) is 0 Å². The van der Waals surface area contributed by atoms with Crippen LogP contribution in [0, 0.1) is 11.3 Å². The van der Waals surface area contributed by atoms with Crippen LogP contribution >= 0.6 is 11.8 Å². The van der Waals surface area contributed by atoms with E-state index in [4.69, 9.17) is 5.26 Å². The molecule has 0 radical (unpaired) electrons. The predicted molar refractivity (Wildman–Crippen MR) is 161 cm³/mol. The molecular weight excluding hydrogens is 534 g/mol. The van der Waals surface area contributed by atoms with Gasteiger partial charge in [-0.2, -0.15) is 17.0 Å². The van der Waals surface area contributed by atoms with E-state index in [0.717, 1.165) is 33.2 Å². The number of imidazole rings is 1. The molecule has 9 heteroatoms. The predicted octanol–water partition coefficient (Wildman–Crippen LogP) is 5.41. The Bertz CT molecular complexity index is 1730. The molecule has 0 spiro atoms. The maximum absolute atomic E-state index is 13.6. The zero-order valence-corrected chi connectivity index (χ0v) is 23.3. The van der Waals surface area contributed by atoms with Crippen molar-refractivity contribution in [2.45, 2.75) is 25.6 Å². The van der Waals surface area contributed by atoms with Crippen LogP contribution in [0.5, 0.6) is 0 Å². The van der Waals surface area contributed by atoms with E-state index < -0.39 is 17.9 Å². The Balaban J connectivity index is 1.50. The van der Waals surface area contributed by atoms with Gasteiger partial charge in [0.15, 0.2) is 0 Å². The molecule has 0 fully saturated rings. The Hall–Kier alpha value is -4.81. The highest BCUT2D eigenvalue weighted by Crippen LogP contribution is 2.32. The van der Waals surface area contributed by atoms with Crippen LogP contribution in [0.15, 0.2) is 91.6 Å². The molecule has 2 N–H and O–H groups in total. The molecule has 0 bridgehead atoms. The van der Waals surface area contributed by atoms with E-state index in [1.807, 2.05) is 76.2 Å². The number of amides is 1. The standard InChI is InChI=1S/C32H29N5O3S/c1-41-14-13-30(32(39)40)35-31(38)29-20-36(19-28(29)27-8-4-6-24-5-2-3-7-26(24)27)18-25-16-34-21-37(25)17-23-11-9-22(15-33)10-12-23/h2-12,16,19-21,30H,13-14,17-18H2,1H3,(H,35,38)(H,39,40)/t30-/m0/s1. The number of hydrogen-bond donors (Lipinski definition) is 2. The molecular formula is C32H29N5O3S. The number of benzene rings is 3. The number of rotatable bonds is 11. The Kier molecular flexibility index (Phi) is 8.51. The van der Waals surface area contributed by atoms with Gasteiger partial charge in [0.2, 0.25) is 0 Å². The summed E-state index contributed by atoms with van der Waals surface area (Å²) in [5.41, 5.74) is 4.62. The number of carbonyl (C=O) groups excluding carboxylic acids is 1. The zero-order chi connectivity index (χ0) is 28.8. The third-order valence-electron chi connectivity index (χ3n) is 7.00. The van der Waals surface area contributed by atoms with Gasteiger partial charge < -0.3 is 19.6 Å². The number of carbonyl (C=O) groups is 2. The molecule has 8 nitrogen and oxygen atoms in total. The van der Waals surface area contributed by atoms with Gasteiger partial charge in [-0.05, 0) is 52.5 Å². The number of aliphatic carboxylic acids is 1. The van der Waals surface area contributed by atoms with Crippen molar-refractivity contribution in [2.75, 3.05) is 12.0 Å². The van der Waals surface area contributed by atoms with Gasteiger partial charge in [-0.1, -0.05) is 54.6 Å². The lowest BCUT2D eigenvalue weighted by atomic mass is 9.97. The molecule has 0 aliphatic carbocycles. The molecule has 3 aromatic carbocycles. The monoisotopic (exact) mass is 563 g/mol. The first kappa shape index (κ1) is 27.7. The van der Waals surface area contributed by atoms with Gasteiger partial charge >= 0.3 is 5.97 Å². The summed E-state index contributed by atoms with van der Waals surface area (Å²) in [6.07, 6.45) is 9.52. The van der Waals surface area contributed by atoms with Crippen LogP contribution in [0.25, 0.3) is 21.9 Å². The molecule has 41 heavy (non-hydrogen) atoms. The van der Waals surface area contributed by atoms with Crippen molar-refractivity contribution in [3.8, 4) is 17.2 Å². The van der Waals surface area contributed by atoms with Gasteiger partial charge in [-0.25, -0.2) is 9.78 Å². The van der Waals surface area contributed by atoms with Crippen molar-refractivity contribution in [2.24, 2.45) is 0 Å². The first-order valence-corrected chi connectivity index (χ1v) is 14.5. The molecule has 2 heterocycles. The highest BCUT2D eigenvalue weighted by Gasteiger charge is 2.24. The Morgan fingerprint density at radius 3 is 2.56 bits per heavy atom. The molecule has 1 amide bonds. The largest absolute Gasteiger partial charge is 0.480 e. The van der Waals surface area contributed by atoms with Crippen molar-refractivity contribution in [1.29, 1.82) is 5.26 Å². The van der Waals surface area contributed by atoms with Gasteiger partial charge in [0.1, 0.15) is 6.04 Å². The lowest BCUT2D eigenvalue weighted by Crippen LogP contribution is -2.41. The van der Waals surface area contributed by atoms with Crippen LogP contribution in [0.2, 0.25) is 0 Å². The van der Waals surface area contributed by atoms with E-state index in [2.05, 4.69) is 16.4 Å². The summed E-state index contributed by atoms with van der Waals surface area (Å²) in [7, 11) is 0. The highest BCUT2D eigenvalue weighted by molar-refractivity contribution is 7.98. The second kappa shape index (κ2) is 12.6. The van der Waals surface area contributed by atoms with Crippen LogP contribution in [0.1, 0.15) is 33.6 Å². The van der Waals surface area contributed by atoms with Gasteiger partial charge in [0, 0.05) is 30.7 Å². The topological polar surface area (TPSA) is 113 Å². The van der Waals surface area contributed by atoms with Crippen LogP contribution in [0.4, 0.5) is 0 Å². The fraction of sp³-hybridized carbons (Fsp3) is 0.188. The molecule has 0 saturated carbocycles. The quantitative estimate of drug-likeness (QED) is 0.222. The highest BCUT2D eigenvalue weighted by atomic mass is 32.2. The van der Waals surface area contributed by atoms with Crippen LogP contribution in [0.3, 0.4) is 0 Å². The molecule has 206 valence electrons. The Labute approximate surface area is 242 Å². The van der Waals surface area contributed by atoms with E-state index in [1.165, 1.54) is 0 Å². The minimum Gasteiger partial charge on any atom is -0.480 e. The average Bonchev–Trinajstić information content (AvgIpc) is 3.62. The first-order chi connectivity index (χ1) is 20.0. The average molecular weight is 564 g/mol. The Morgan fingerprint density at radius 2 is 1.80 bits per heavy atom. The van der Waals surface area contributed by atoms with Crippen LogP contribution < -0.4 is 5.32 Å². The number of aromatic nitrogens is 3. The lowest BCUT2D eigenvalue weighted by molar-refractivity contribution is -0.139. The third-order valence-corrected chi connectivity index (χ3v) is 7.64. The van der Waals surface area contributed by atoms with Gasteiger partial charge in [-0.15, -0.1) is 0 Å². The first-order valence-electron chi connectivity index (χ1n) is 13.2. The van der Waals surface area contributed by atoms with E-state index in [9.17, 15) is 14.7 Å². The smallest absolute Gasteiger partial charge is 0.326 e. The van der Waals surface area contributed by atoms with Gasteiger partial charge in [0.25, 0.3) is 5.91 Å². The SMILES string of the molecule is CSCC[C@H](NC(=O)c1cn(Cc2cncn2Cc2ccc(C#N)cc2)cc1-c1cccc2ccccc12)C(=O)O. The summed E-state index contributed by atoms with van der Waals surface area (Å²) < 4.78 is 3.97. The van der Waals surface area contributed by atoms with Crippen LogP contribution in [-0.4, -0.2) is 49.2 Å². The number of nitriles is 1. The summed E-state index contributed by atoms with van der Waals surface area (Å²) in [6, 6.07) is 22.6. The summed E-state index contributed by atoms with van der Waals surface area (Å²) in [5, 5.41) is 23.6. The number of thioether (sulfide) groups is 1. The van der Waals surface area contributed by atoms with E-state index in [1.54, 1.807) is 42.6 Å². The second-order valence-corrected chi connectivity index (χ2v) is 10.7. The van der Waals surface area contributed by atoms with Gasteiger partial charge in [-0.3, -0.25) is 4.79 Å². The molecule has 5 rings (SSSR count). The normalized spacial score (nSPS) is 11.7. The molecule has 0 saturated heterocycles. The number of hydrogen-bond acceptors (Lipinski definition) is 5. The molecule has 0 aliphatic heterocycles. The number of fused-ring (bicyclic) bond motifs is 1. The number of carboxylic acid groups (broad SMARTS) is 1. The summed E-state index contributed by atoms with van der Waals surface area (Å²) in [6.45, 7) is 1.04. The number of nitrogens with zero attached hydrogens (tertiary/aromatic N) is 4. The summed E-state index contributed by atoms with van der Waals surface area (Å²) >= 11 is 1.54. The zero-order valence-electron chi connectivity index (χ0n) is 22.5. The lowest BCUT2D eigenvalue weighted by Gasteiger charge is -2.14. The van der Waals surface area contributed by atoms with E-state index >= 15 is 0 Å². The molecule has 1 atom stereocenters. The molecule has 5 aromatic rings. The van der Waals surface area contributed by atoms with Crippen molar-refractivity contribution < 1.29 is 14.7 Å². The van der Waals surface area contributed by atoms with Crippen molar-refractivity contribution in [3.05, 3.63) is 114 Å². The van der Waals surface area contributed by atoms with Crippen molar-refractivity contribution in [3.63, 3.8) is 0 Å².